The second-order valence-electron chi connectivity index (χ2n) is 8.86. The van der Waals surface area contributed by atoms with Crippen LogP contribution in [0.25, 0.3) is 33.5 Å². The summed E-state index contributed by atoms with van der Waals surface area (Å²) in [6, 6.07) is 11.3. The maximum absolute atomic E-state index is 12.3. The summed E-state index contributed by atoms with van der Waals surface area (Å²) in [5, 5.41) is 34.7. The van der Waals surface area contributed by atoms with Gasteiger partial charge in [0.1, 0.15) is 23.2 Å². The molecule has 36 heavy (non-hydrogen) atoms. The number of rotatable bonds is 6. The maximum atomic E-state index is 12.3. The van der Waals surface area contributed by atoms with Gasteiger partial charge in [0.05, 0.1) is 26.9 Å². The summed E-state index contributed by atoms with van der Waals surface area (Å²) in [6.45, 7) is 3.18. The number of amides is 1. The van der Waals surface area contributed by atoms with E-state index in [0.29, 0.717) is 22.2 Å². The van der Waals surface area contributed by atoms with Gasteiger partial charge in [-0.05, 0) is 67.9 Å². The van der Waals surface area contributed by atoms with Crippen LogP contribution in [0.5, 0.6) is 11.5 Å². The Morgan fingerprint density at radius 1 is 1.00 bits per heavy atom. The van der Waals surface area contributed by atoms with Crippen molar-refractivity contribution in [1.29, 1.82) is 5.41 Å². The molecule has 3 aromatic carbocycles. The summed E-state index contributed by atoms with van der Waals surface area (Å²) in [5.74, 6) is -1.23. The first-order valence-electron chi connectivity index (χ1n) is 10.6. The van der Waals surface area contributed by atoms with E-state index in [-0.39, 0.29) is 44.7 Å². The number of carbonyl (C=O) groups excluding carboxylic acids is 1. The number of aromatic nitrogens is 2. The van der Waals surface area contributed by atoms with Gasteiger partial charge in [-0.15, -0.1) is 0 Å². The molecule has 1 aromatic heterocycles. The molecule has 0 saturated heterocycles. The number of imidazole rings is 1. The quantitative estimate of drug-likeness (QED) is 0.151. The Morgan fingerprint density at radius 3 is 2.28 bits per heavy atom. The van der Waals surface area contributed by atoms with E-state index in [9.17, 15) is 23.4 Å². The summed E-state index contributed by atoms with van der Waals surface area (Å²) in [6.07, 6.45) is 0. The highest BCUT2D eigenvalue weighted by molar-refractivity contribution is 7.89. The largest absolute Gasteiger partial charge is 0.507 e. The van der Waals surface area contributed by atoms with Crippen molar-refractivity contribution in [3.63, 3.8) is 0 Å². The number of hydrogen-bond acceptors (Lipinski definition) is 7. The molecule has 0 aliphatic rings. The SMILES string of the molecule is CC(C)(C(N)=O)c1cc(-c2nc3ccc(C(=N)N)cc3[nH]2)c(O)c(-c2cc(S(N)(=O)=O)ccc2O)c1. The van der Waals surface area contributed by atoms with Crippen LogP contribution in [0.15, 0.2) is 53.4 Å². The van der Waals surface area contributed by atoms with Gasteiger partial charge in [-0.1, -0.05) is 0 Å². The van der Waals surface area contributed by atoms with Crippen molar-refractivity contribution in [2.24, 2.45) is 16.6 Å². The smallest absolute Gasteiger partial charge is 0.238 e. The Kier molecular flexibility index (Phi) is 5.73. The van der Waals surface area contributed by atoms with Crippen molar-refractivity contribution < 1.29 is 23.4 Å². The van der Waals surface area contributed by atoms with E-state index in [4.69, 9.17) is 22.0 Å². The fraction of sp³-hybridized carbons (Fsp3) is 0.125. The molecule has 186 valence electrons. The molecule has 12 heteroatoms. The van der Waals surface area contributed by atoms with Gasteiger partial charge in [-0.3, -0.25) is 10.2 Å². The molecule has 0 unspecified atom stereocenters. The second kappa shape index (κ2) is 8.36. The zero-order valence-corrected chi connectivity index (χ0v) is 20.1. The topological polar surface area (TPSA) is 222 Å². The molecule has 0 aliphatic heterocycles. The second-order valence-corrected chi connectivity index (χ2v) is 10.4. The molecule has 4 rings (SSSR count). The van der Waals surface area contributed by atoms with Gasteiger partial charge in [0.25, 0.3) is 0 Å². The maximum Gasteiger partial charge on any atom is 0.238 e. The predicted octanol–water partition coefficient (Wildman–Crippen LogP) is 2.00. The zero-order chi connectivity index (χ0) is 26.6. The highest BCUT2D eigenvalue weighted by Gasteiger charge is 2.31. The van der Waals surface area contributed by atoms with Crippen molar-refractivity contribution in [1.82, 2.24) is 9.97 Å². The molecule has 1 amide bonds. The first-order valence-corrected chi connectivity index (χ1v) is 12.1. The number of fused-ring (bicyclic) bond motifs is 1. The first-order chi connectivity index (χ1) is 16.7. The van der Waals surface area contributed by atoms with Crippen molar-refractivity contribution in [3.05, 3.63) is 59.7 Å². The number of phenols is 2. The predicted molar refractivity (Wildman–Crippen MR) is 135 cm³/mol. The minimum absolute atomic E-state index is 0.0302. The third-order valence-corrected chi connectivity index (χ3v) is 6.99. The van der Waals surface area contributed by atoms with E-state index >= 15 is 0 Å². The number of aromatic amines is 1. The van der Waals surface area contributed by atoms with Crippen molar-refractivity contribution >= 4 is 32.8 Å². The van der Waals surface area contributed by atoms with Gasteiger partial charge in [0.2, 0.25) is 15.9 Å². The Morgan fingerprint density at radius 2 is 1.67 bits per heavy atom. The summed E-state index contributed by atoms with van der Waals surface area (Å²) in [7, 11) is -4.12. The molecule has 0 saturated carbocycles. The number of nitrogen functional groups attached to an aromatic ring is 1. The Labute approximate surface area is 206 Å². The monoisotopic (exact) mass is 508 g/mol. The van der Waals surface area contributed by atoms with Crippen molar-refractivity contribution in [2.45, 2.75) is 24.2 Å². The number of aromatic hydroxyl groups is 2. The van der Waals surface area contributed by atoms with Crippen molar-refractivity contribution in [3.8, 4) is 34.0 Å². The van der Waals surface area contributed by atoms with Gasteiger partial charge in [-0.25, -0.2) is 18.5 Å². The lowest BCUT2D eigenvalue weighted by molar-refractivity contribution is -0.122. The zero-order valence-electron chi connectivity index (χ0n) is 19.3. The molecule has 0 spiro atoms. The van der Waals surface area contributed by atoms with Crippen LogP contribution < -0.4 is 16.6 Å². The van der Waals surface area contributed by atoms with Crippen LogP contribution in [0.2, 0.25) is 0 Å². The molecule has 0 atom stereocenters. The molecule has 0 aliphatic carbocycles. The third kappa shape index (κ3) is 4.23. The molecule has 4 aromatic rings. The first kappa shape index (κ1) is 24.7. The third-order valence-electron chi connectivity index (χ3n) is 6.08. The van der Waals surface area contributed by atoms with Gasteiger partial charge in [-0.2, -0.15) is 0 Å². The van der Waals surface area contributed by atoms with E-state index in [1.807, 2.05) is 0 Å². The van der Waals surface area contributed by atoms with Crippen LogP contribution in [-0.2, 0) is 20.2 Å². The summed E-state index contributed by atoms with van der Waals surface area (Å²) >= 11 is 0. The molecule has 10 N–H and O–H groups in total. The Hall–Kier alpha value is -4.42. The highest BCUT2D eigenvalue weighted by Crippen LogP contribution is 2.44. The Balaban J connectivity index is 2.04. The van der Waals surface area contributed by atoms with Crippen LogP contribution in [0.3, 0.4) is 0 Å². The molecule has 0 radical (unpaired) electrons. The number of amidine groups is 1. The number of carbonyl (C=O) groups is 1. The molecule has 0 bridgehead atoms. The van der Waals surface area contributed by atoms with Crippen LogP contribution >= 0.6 is 0 Å². The van der Waals surface area contributed by atoms with E-state index in [1.54, 1.807) is 32.0 Å². The normalized spacial score (nSPS) is 12.1. The number of benzene rings is 3. The summed E-state index contributed by atoms with van der Waals surface area (Å²) in [5.41, 5.74) is 12.1. The fourth-order valence-electron chi connectivity index (χ4n) is 3.74. The number of phenolic OH excluding ortho intramolecular Hbond substituents is 2. The summed E-state index contributed by atoms with van der Waals surface area (Å²) < 4.78 is 23.8. The molecule has 1 heterocycles. The average Bonchev–Trinajstić information content (AvgIpc) is 3.21. The molecule has 11 nitrogen and oxygen atoms in total. The number of primary sulfonamides is 1. The van der Waals surface area contributed by atoms with Gasteiger partial charge in [0.15, 0.2) is 0 Å². The van der Waals surface area contributed by atoms with E-state index in [1.165, 1.54) is 12.1 Å². The van der Waals surface area contributed by atoms with E-state index in [2.05, 4.69) is 9.97 Å². The van der Waals surface area contributed by atoms with Crippen LogP contribution in [0, 0.1) is 5.41 Å². The van der Waals surface area contributed by atoms with Crippen LogP contribution in [0.1, 0.15) is 25.0 Å². The van der Waals surface area contributed by atoms with Gasteiger partial charge in [0, 0.05) is 16.7 Å². The standard InChI is InChI=1S/C24H24N6O5S/c1-24(2,23(27)33)12-8-15(14-10-13(36(28,34)35)4-6-19(14)31)20(32)16(9-12)22-29-17-5-3-11(21(25)26)7-18(17)30-22/h3-10,31-32H,1-2H3,(H3,25,26)(H2,27,33)(H,29,30)(H2,28,34,35). The average molecular weight is 509 g/mol. The minimum atomic E-state index is -4.12. The number of hydrogen-bond donors (Lipinski definition) is 7. The summed E-state index contributed by atoms with van der Waals surface area (Å²) in [4.78, 5) is 19.5. The Bertz CT molecular complexity index is 1670. The van der Waals surface area contributed by atoms with Gasteiger partial charge >= 0.3 is 0 Å². The molecule has 0 fully saturated rings. The number of nitrogens with zero attached hydrogens (tertiary/aromatic N) is 1. The van der Waals surface area contributed by atoms with Crippen LogP contribution in [0.4, 0.5) is 0 Å². The molecular weight excluding hydrogens is 484 g/mol. The number of nitrogens with two attached hydrogens (primary N) is 3. The van der Waals surface area contributed by atoms with E-state index in [0.717, 1.165) is 18.2 Å². The van der Waals surface area contributed by atoms with Gasteiger partial charge < -0.3 is 26.7 Å². The number of H-pyrrole nitrogens is 1. The number of primary amides is 1. The van der Waals surface area contributed by atoms with Crippen LogP contribution in [-0.4, -0.2) is 40.3 Å². The number of nitrogens with one attached hydrogen (secondary N) is 2. The fourth-order valence-corrected chi connectivity index (χ4v) is 4.28. The van der Waals surface area contributed by atoms with Crippen molar-refractivity contribution in [2.75, 3.05) is 0 Å². The lowest BCUT2D eigenvalue weighted by Gasteiger charge is -2.24. The number of sulfonamides is 1. The van der Waals surface area contributed by atoms with E-state index < -0.39 is 21.3 Å². The lowest BCUT2D eigenvalue weighted by Crippen LogP contribution is -2.35. The molecular formula is C24H24N6O5S. The highest BCUT2D eigenvalue weighted by atomic mass is 32.2. The minimum Gasteiger partial charge on any atom is -0.507 e. The lowest BCUT2D eigenvalue weighted by atomic mass is 9.81.